The number of rotatable bonds is 6. The zero-order valence-corrected chi connectivity index (χ0v) is 21.2. The molecule has 3 aliphatic rings. The fourth-order valence-corrected chi connectivity index (χ4v) is 6.35. The molecule has 0 radical (unpaired) electrons. The number of ether oxygens (including phenoxy) is 3. The average molecular weight is 503 g/mol. The number of hydrogen-bond acceptors (Lipinski definition) is 4. The first kappa shape index (κ1) is 24.0. The van der Waals surface area contributed by atoms with E-state index in [1.165, 1.54) is 22.3 Å². The normalized spacial score (nSPS) is 22.0. The van der Waals surface area contributed by atoms with Crippen molar-refractivity contribution >= 4 is 5.97 Å². The van der Waals surface area contributed by atoms with Crippen LogP contribution in [0.15, 0.2) is 42.5 Å². The highest BCUT2D eigenvalue weighted by atomic mass is 19.1. The predicted octanol–water partition coefficient (Wildman–Crippen LogP) is 6.63. The molecular formula is C31H31FO5. The van der Waals surface area contributed by atoms with Crippen LogP contribution in [0.4, 0.5) is 4.39 Å². The Morgan fingerprint density at radius 3 is 2.62 bits per heavy atom. The molecule has 1 N–H and O–H groups in total. The van der Waals surface area contributed by atoms with Crippen molar-refractivity contribution in [3.8, 4) is 22.6 Å². The lowest BCUT2D eigenvalue weighted by atomic mass is 9.86. The maximum atomic E-state index is 15.2. The van der Waals surface area contributed by atoms with E-state index in [1.54, 1.807) is 12.1 Å². The number of carboxylic acid groups (broad SMARTS) is 1. The standard InChI is InChI=1S/C31H31FO5/c1-17-11-20(19-9-10-35-15-19)12-18(2)30(17)24-5-7-26(32)31-25(24)6-8-27(31)37-22-3-4-23-21(13-29(33)34)16-36-28(23)14-22/h3-5,7,11-12,14,19,21,27H,6,8-10,13,15-16H2,1-2H3,(H,33,34). The van der Waals surface area contributed by atoms with Crippen LogP contribution in [-0.4, -0.2) is 30.9 Å². The molecule has 6 heteroatoms. The molecule has 1 aliphatic carbocycles. The van der Waals surface area contributed by atoms with Crippen molar-refractivity contribution in [1.29, 1.82) is 0 Å². The first-order valence-electron chi connectivity index (χ1n) is 13.0. The van der Waals surface area contributed by atoms with Gasteiger partial charge in [-0.15, -0.1) is 0 Å². The van der Waals surface area contributed by atoms with Gasteiger partial charge in [-0.05, 0) is 78.6 Å². The molecule has 1 fully saturated rings. The number of aliphatic carboxylic acids is 1. The van der Waals surface area contributed by atoms with Gasteiger partial charge in [0.25, 0.3) is 0 Å². The van der Waals surface area contributed by atoms with Gasteiger partial charge in [-0.25, -0.2) is 4.39 Å². The van der Waals surface area contributed by atoms with E-state index < -0.39 is 5.97 Å². The Kier molecular flexibility index (Phi) is 6.15. The van der Waals surface area contributed by atoms with E-state index in [0.29, 0.717) is 36.0 Å². The minimum absolute atomic E-state index is 0.0332. The van der Waals surface area contributed by atoms with Gasteiger partial charge in [0.05, 0.1) is 19.6 Å². The minimum atomic E-state index is -0.844. The highest BCUT2D eigenvalue weighted by Crippen LogP contribution is 2.45. The fourth-order valence-electron chi connectivity index (χ4n) is 6.35. The van der Waals surface area contributed by atoms with Gasteiger partial charge in [0.2, 0.25) is 0 Å². The summed E-state index contributed by atoms with van der Waals surface area (Å²) < 4.78 is 32.9. The van der Waals surface area contributed by atoms with Crippen LogP contribution >= 0.6 is 0 Å². The Hall–Kier alpha value is -3.38. The largest absolute Gasteiger partial charge is 0.492 e. The van der Waals surface area contributed by atoms with Crippen LogP contribution in [0.25, 0.3) is 11.1 Å². The van der Waals surface area contributed by atoms with E-state index in [0.717, 1.165) is 42.7 Å². The third-order valence-electron chi connectivity index (χ3n) is 8.07. The number of carboxylic acids is 1. The summed E-state index contributed by atoms with van der Waals surface area (Å²) in [5, 5.41) is 9.14. The van der Waals surface area contributed by atoms with Gasteiger partial charge in [-0.2, -0.15) is 0 Å². The lowest BCUT2D eigenvalue weighted by Gasteiger charge is -2.20. The molecule has 0 saturated carbocycles. The second kappa shape index (κ2) is 9.49. The van der Waals surface area contributed by atoms with Crippen LogP contribution < -0.4 is 9.47 Å². The zero-order valence-electron chi connectivity index (χ0n) is 21.2. The van der Waals surface area contributed by atoms with Gasteiger partial charge in [0.15, 0.2) is 0 Å². The van der Waals surface area contributed by atoms with Crippen molar-refractivity contribution < 1.29 is 28.5 Å². The van der Waals surface area contributed by atoms with Gasteiger partial charge in [-0.1, -0.05) is 24.3 Å². The lowest BCUT2D eigenvalue weighted by Crippen LogP contribution is -2.07. The van der Waals surface area contributed by atoms with Crippen LogP contribution in [0.5, 0.6) is 11.5 Å². The lowest BCUT2D eigenvalue weighted by molar-refractivity contribution is -0.137. The summed E-state index contributed by atoms with van der Waals surface area (Å²) in [7, 11) is 0. The molecule has 0 aromatic heterocycles. The van der Waals surface area contributed by atoms with Crippen LogP contribution in [0, 0.1) is 19.7 Å². The van der Waals surface area contributed by atoms with Crippen LogP contribution in [0.2, 0.25) is 0 Å². The second-order valence-corrected chi connectivity index (χ2v) is 10.5. The third-order valence-corrected chi connectivity index (χ3v) is 8.07. The number of fused-ring (bicyclic) bond motifs is 2. The molecule has 3 atom stereocenters. The number of carbonyl (C=O) groups is 1. The molecule has 3 aromatic rings. The first-order chi connectivity index (χ1) is 17.9. The smallest absolute Gasteiger partial charge is 0.304 e. The van der Waals surface area contributed by atoms with Gasteiger partial charge in [-0.3, -0.25) is 4.79 Å². The van der Waals surface area contributed by atoms with Crippen LogP contribution in [0.1, 0.15) is 70.6 Å². The SMILES string of the molecule is Cc1cc(C2CCOC2)cc(C)c1-c1ccc(F)c2c1CCC2Oc1ccc2c(c1)OCC2CC(=O)O. The molecule has 3 aromatic carbocycles. The molecular weight excluding hydrogens is 471 g/mol. The summed E-state index contributed by atoms with van der Waals surface area (Å²) in [4.78, 5) is 11.1. The molecule has 0 bridgehead atoms. The summed E-state index contributed by atoms with van der Waals surface area (Å²) in [6.07, 6.45) is 2.13. The Balaban J connectivity index is 1.29. The van der Waals surface area contributed by atoms with Gasteiger partial charge in [0.1, 0.15) is 23.4 Å². The highest BCUT2D eigenvalue weighted by Gasteiger charge is 2.32. The predicted molar refractivity (Wildman–Crippen MR) is 138 cm³/mol. The molecule has 37 heavy (non-hydrogen) atoms. The quantitative estimate of drug-likeness (QED) is 0.410. The topological polar surface area (TPSA) is 65.0 Å². The van der Waals surface area contributed by atoms with E-state index in [2.05, 4.69) is 26.0 Å². The number of benzene rings is 3. The maximum Gasteiger partial charge on any atom is 0.304 e. The van der Waals surface area contributed by atoms with E-state index in [4.69, 9.17) is 19.3 Å². The van der Waals surface area contributed by atoms with Crippen molar-refractivity contribution in [1.82, 2.24) is 0 Å². The second-order valence-electron chi connectivity index (χ2n) is 10.5. The van der Waals surface area contributed by atoms with Crippen molar-refractivity contribution in [2.75, 3.05) is 19.8 Å². The molecule has 3 unspecified atom stereocenters. The summed E-state index contributed by atoms with van der Waals surface area (Å²) >= 11 is 0. The molecule has 6 rings (SSSR count). The van der Waals surface area contributed by atoms with Gasteiger partial charge >= 0.3 is 5.97 Å². The summed E-state index contributed by atoms with van der Waals surface area (Å²) in [5.74, 6) is 0.452. The molecule has 1 saturated heterocycles. The molecule has 0 amide bonds. The van der Waals surface area contributed by atoms with Crippen LogP contribution in [-0.2, 0) is 16.0 Å². The molecule has 2 heterocycles. The van der Waals surface area contributed by atoms with Crippen molar-refractivity contribution in [2.45, 2.75) is 57.5 Å². The number of halogens is 1. The van der Waals surface area contributed by atoms with E-state index >= 15 is 4.39 Å². The van der Waals surface area contributed by atoms with Gasteiger partial charge < -0.3 is 19.3 Å². The van der Waals surface area contributed by atoms with Gasteiger partial charge in [0, 0.05) is 35.6 Å². The molecule has 5 nitrogen and oxygen atoms in total. The number of aryl methyl sites for hydroxylation is 2. The summed E-state index contributed by atoms with van der Waals surface area (Å²) in [6, 6.07) is 13.5. The number of hydrogen-bond donors (Lipinski definition) is 1. The van der Waals surface area contributed by atoms with Crippen molar-refractivity contribution in [3.05, 3.63) is 81.7 Å². The van der Waals surface area contributed by atoms with Crippen LogP contribution in [0.3, 0.4) is 0 Å². The Morgan fingerprint density at radius 2 is 1.89 bits per heavy atom. The Bertz CT molecular complexity index is 1350. The van der Waals surface area contributed by atoms with E-state index in [9.17, 15) is 4.79 Å². The molecule has 0 spiro atoms. The van der Waals surface area contributed by atoms with Crippen molar-refractivity contribution in [2.24, 2.45) is 0 Å². The first-order valence-corrected chi connectivity index (χ1v) is 13.0. The molecule has 2 aliphatic heterocycles. The summed E-state index contributed by atoms with van der Waals surface area (Å²) in [5.41, 5.74) is 8.52. The van der Waals surface area contributed by atoms with E-state index in [1.807, 2.05) is 18.2 Å². The average Bonchev–Trinajstić information content (AvgIpc) is 3.61. The minimum Gasteiger partial charge on any atom is -0.492 e. The summed E-state index contributed by atoms with van der Waals surface area (Å²) in [6.45, 7) is 6.22. The third kappa shape index (κ3) is 4.37. The molecule has 192 valence electrons. The maximum absolute atomic E-state index is 15.2. The van der Waals surface area contributed by atoms with Crippen molar-refractivity contribution in [3.63, 3.8) is 0 Å². The zero-order chi connectivity index (χ0) is 25.7. The Labute approximate surface area is 216 Å². The van der Waals surface area contributed by atoms with E-state index in [-0.39, 0.29) is 24.3 Å². The fraction of sp³-hybridized carbons (Fsp3) is 0.387. The Morgan fingerprint density at radius 1 is 1.08 bits per heavy atom. The monoisotopic (exact) mass is 502 g/mol. The highest BCUT2D eigenvalue weighted by molar-refractivity contribution is 5.76.